The third-order valence-corrected chi connectivity index (χ3v) is 5.82. The summed E-state index contributed by atoms with van der Waals surface area (Å²) in [5.41, 5.74) is 0.744. The lowest BCUT2D eigenvalue weighted by molar-refractivity contribution is 0.146. The lowest BCUT2D eigenvalue weighted by Gasteiger charge is -2.38. The van der Waals surface area contributed by atoms with Crippen LogP contribution in [0.3, 0.4) is 0 Å². The fraction of sp³-hybridized carbons (Fsp3) is 1.00. The Kier molecular flexibility index (Phi) is 18.2. The Morgan fingerprint density at radius 3 is 1.50 bits per heavy atom. The van der Waals surface area contributed by atoms with Gasteiger partial charge in [0, 0.05) is 16.0 Å². The van der Waals surface area contributed by atoms with Gasteiger partial charge in [0.2, 0.25) is 0 Å². The maximum Gasteiger partial charge on any atom is 0.00392 e. The minimum Gasteiger partial charge on any atom is -0.0928 e. The van der Waals surface area contributed by atoms with Crippen LogP contribution in [0.15, 0.2) is 0 Å². The van der Waals surface area contributed by atoms with E-state index in [1.54, 1.807) is 0 Å². The number of hydrogen-bond donors (Lipinski definition) is 0. The zero-order chi connectivity index (χ0) is 14.6. The van der Waals surface area contributed by atoms with E-state index in [1.165, 1.54) is 63.1 Å². The van der Waals surface area contributed by atoms with Crippen molar-refractivity contribution in [3.8, 4) is 0 Å². The molecule has 0 spiro atoms. The van der Waals surface area contributed by atoms with Crippen molar-refractivity contribution in [3.63, 3.8) is 0 Å². The number of rotatable bonds is 5. The van der Waals surface area contributed by atoms with Gasteiger partial charge in [-0.3, -0.25) is 0 Å². The largest absolute Gasteiger partial charge is 0.0928 e. The Labute approximate surface area is 153 Å². The van der Waals surface area contributed by atoms with Gasteiger partial charge in [-0.05, 0) is 43.4 Å². The zero-order valence-electron chi connectivity index (χ0n) is 12.7. The first-order chi connectivity index (χ1) is 9.08. The summed E-state index contributed by atoms with van der Waals surface area (Å²) in [5.74, 6) is 1.06. The normalized spacial score (nSPS) is 19.1. The second-order valence-electron chi connectivity index (χ2n) is 6.22. The van der Waals surface area contributed by atoms with Crippen LogP contribution in [0.1, 0.15) is 79.1 Å². The van der Waals surface area contributed by atoms with Crippen LogP contribution in [-0.2, 0) is 0 Å². The van der Waals surface area contributed by atoms with Crippen molar-refractivity contribution in [1.82, 2.24) is 0 Å². The summed E-state index contributed by atoms with van der Waals surface area (Å²) >= 11 is 10.0. The molecule has 0 amide bonds. The van der Waals surface area contributed by atoms with E-state index in [4.69, 9.17) is 0 Å². The summed E-state index contributed by atoms with van der Waals surface area (Å²) in [7, 11) is 0. The summed E-state index contributed by atoms with van der Waals surface area (Å²) < 4.78 is 0. The fourth-order valence-electron chi connectivity index (χ4n) is 2.19. The van der Waals surface area contributed by atoms with Crippen molar-refractivity contribution in [2.75, 3.05) is 16.0 Å². The van der Waals surface area contributed by atoms with E-state index < -0.39 is 0 Å². The van der Waals surface area contributed by atoms with Gasteiger partial charge >= 0.3 is 0 Å². The minimum absolute atomic E-state index is 0. The Morgan fingerprint density at radius 1 is 0.900 bits per heavy atom. The molecule has 0 radical (unpaired) electrons. The Balaban J connectivity index is 0. The average molecular weight is 479 g/mol. The smallest absolute Gasteiger partial charge is 0.00392 e. The number of halogens is 3. The number of alkyl halides is 3. The maximum atomic E-state index is 3.46. The minimum atomic E-state index is 0. The number of hydrogen-bond acceptors (Lipinski definition) is 0. The van der Waals surface area contributed by atoms with Crippen molar-refractivity contribution >= 4 is 47.8 Å². The van der Waals surface area contributed by atoms with Crippen LogP contribution in [0.4, 0.5) is 0 Å². The molecule has 2 saturated carbocycles. The van der Waals surface area contributed by atoms with E-state index in [0.29, 0.717) is 0 Å². The van der Waals surface area contributed by atoms with Gasteiger partial charge in [-0.25, -0.2) is 0 Å². The molecule has 0 saturated heterocycles. The first kappa shape index (κ1) is 23.7. The van der Waals surface area contributed by atoms with E-state index in [-0.39, 0.29) is 7.43 Å². The summed E-state index contributed by atoms with van der Waals surface area (Å²) in [6, 6.07) is 0. The van der Waals surface area contributed by atoms with Crippen LogP contribution >= 0.6 is 47.8 Å². The second-order valence-corrected chi connectivity index (χ2v) is 8.60. The molecular weight excluding hydrogens is 444 g/mol. The first-order valence-corrected chi connectivity index (χ1v) is 11.1. The summed E-state index contributed by atoms with van der Waals surface area (Å²) in [6.07, 6.45) is 12.9. The van der Waals surface area contributed by atoms with Gasteiger partial charge in [0.1, 0.15) is 0 Å². The highest BCUT2D eigenvalue weighted by Gasteiger charge is 2.30. The van der Waals surface area contributed by atoms with Crippen LogP contribution in [0, 0.1) is 11.3 Å². The van der Waals surface area contributed by atoms with Gasteiger partial charge < -0.3 is 0 Å². The van der Waals surface area contributed by atoms with Crippen LogP contribution in [-0.4, -0.2) is 16.0 Å². The highest BCUT2D eigenvalue weighted by atomic mass is 79.9. The molecule has 0 unspecified atom stereocenters. The Morgan fingerprint density at radius 2 is 1.35 bits per heavy atom. The molecule has 0 aromatic rings. The third-order valence-electron chi connectivity index (χ3n) is 4.14. The standard InChI is InChI=1S/C8H15Br.C5H10.C3H6Br2.CH4/c1-8(4-2-5-8)6-3-7-9;1-5-3-2-4-5;4-2-1-3-5;/h2-7H2,1H3;5H,2-4H2,1H3;1-3H2;1H4. The van der Waals surface area contributed by atoms with Gasteiger partial charge in [-0.1, -0.05) is 94.7 Å². The van der Waals surface area contributed by atoms with Crippen molar-refractivity contribution in [3.05, 3.63) is 0 Å². The quantitative estimate of drug-likeness (QED) is 0.351. The molecule has 124 valence electrons. The molecule has 0 nitrogen and oxygen atoms in total. The molecular formula is C17H35Br3. The maximum absolute atomic E-state index is 3.46. The van der Waals surface area contributed by atoms with E-state index in [1.807, 2.05) is 0 Å². The summed E-state index contributed by atoms with van der Waals surface area (Å²) in [5, 5.41) is 3.40. The van der Waals surface area contributed by atoms with Crippen LogP contribution < -0.4 is 0 Å². The molecule has 2 rings (SSSR count). The van der Waals surface area contributed by atoms with Crippen molar-refractivity contribution in [2.24, 2.45) is 11.3 Å². The molecule has 20 heavy (non-hydrogen) atoms. The van der Waals surface area contributed by atoms with E-state index in [0.717, 1.165) is 22.0 Å². The highest BCUT2D eigenvalue weighted by molar-refractivity contribution is 9.09. The Hall–Kier alpha value is 1.44. The van der Waals surface area contributed by atoms with Gasteiger partial charge in [-0.15, -0.1) is 0 Å². The van der Waals surface area contributed by atoms with E-state index in [2.05, 4.69) is 61.6 Å². The van der Waals surface area contributed by atoms with Crippen molar-refractivity contribution < 1.29 is 0 Å². The molecule has 0 heterocycles. The van der Waals surface area contributed by atoms with Crippen molar-refractivity contribution in [1.29, 1.82) is 0 Å². The van der Waals surface area contributed by atoms with Gasteiger partial charge in [0.25, 0.3) is 0 Å². The summed E-state index contributed by atoms with van der Waals surface area (Å²) in [6.45, 7) is 4.72. The highest BCUT2D eigenvalue weighted by Crippen LogP contribution is 2.44. The average Bonchev–Trinajstić information content (AvgIpc) is 2.34. The van der Waals surface area contributed by atoms with Crippen LogP contribution in [0.2, 0.25) is 0 Å². The predicted octanol–water partition coefficient (Wildman–Crippen LogP) is 7.96. The molecule has 3 heteroatoms. The SMILES string of the molecule is BrCCCBr.C.CC1(CCCBr)CCC1.CC1CCC1. The molecule has 0 bridgehead atoms. The molecule has 2 fully saturated rings. The second kappa shape index (κ2) is 15.3. The van der Waals surface area contributed by atoms with Crippen LogP contribution in [0.5, 0.6) is 0 Å². The molecule has 2 aliphatic carbocycles. The monoisotopic (exact) mass is 476 g/mol. The van der Waals surface area contributed by atoms with E-state index >= 15 is 0 Å². The summed E-state index contributed by atoms with van der Waals surface area (Å²) in [4.78, 5) is 0. The van der Waals surface area contributed by atoms with Crippen LogP contribution in [0.25, 0.3) is 0 Å². The van der Waals surface area contributed by atoms with Gasteiger partial charge in [0.15, 0.2) is 0 Å². The topological polar surface area (TPSA) is 0 Å². The molecule has 2 aliphatic rings. The lowest BCUT2D eigenvalue weighted by atomic mass is 9.68. The zero-order valence-corrected chi connectivity index (χ0v) is 17.5. The van der Waals surface area contributed by atoms with Crippen molar-refractivity contribution in [2.45, 2.75) is 79.1 Å². The molecule has 0 aromatic carbocycles. The Bertz CT molecular complexity index is 185. The molecule has 0 aliphatic heterocycles. The molecule has 0 N–H and O–H groups in total. The van der Waals surface area contributed by atoms with Gasteiger partial charge in [0.05, 0.1) is 0 Å². The molecule has 0 atom stereocenters. The third kappa shape index (κ3) is 13.1. The van der Waals surface area contributed by atoms with E-state index in [9.17, 15) is 0 Å². The first-order valence-electron chi connectivity index (χ1n) is 7.76. The predicted molar refractivity (Wildman–Crippen MR) is 107 cm³/mol. The molecule has 0 aromatic heterocycles. The fourth-order valence-corrected chi connectivity index (χ4v) is 3.78. The lowest BCUT2D eigenvalue weighted by Crippen LogP contribution is -2.25. The van der Waals surface area contributed by atoms with Gasteiger partial charge in [-0.2, -0.15) is 0 Å².